The lowest BCUT2D eigenvalue weighted by Gasteiger charge is -2.26. The summed E-state index contributed by atoms with van der Waals surface area (Å²) in [6.07, 6.45) is 2.88. The molecule has 1 N–H and O–H groups in total. The first-order valence-electron chi connectivity index (χ1n) is 6.75. The summed E-state index contributed by atoms with van der Waals surface area (Å²) in [6, 6.07) is 2.57. The Morgan fingerprint density at radius 2 is 2.05 bits per heavy atom. The Hall–Kier alpha value is -1.23. The molecule has 1 aromatic carbocycles. The number of nitrogens with zero attached hydrogens (tertiary/aromatic N) is 1. The summed E-state index contributed by atoms with van der Waals surface area (Å²) in [5, 5.41) is 3.40. The maximum atomic E-state index is 13.8. The zero-order valence-electron chi connectivity index (χ0n) is 11.1. The number of nitrogens with one attached hydrogen (secondary N) is 1. The highest BCUT2D eigenvalue weighted by molar-refractivity contribution is 5.48. The van der Waals surface area contributed by atoms with Gasteiger partial charge in [0, 0.05) is 19.1 Å². The summed E-state index contributed by atoms with van der Waals surface area (Å²) < 4.78 is 40.1. The van der Waals surface area contributed by atoms with E-state index < -0.39 is 17.5 Å². The fourth-order valence-electron chi connectivity index (χ4n) is 2.52. The van der Waals surface area contributed by atoms with Gasteiger partial charge in [0.15, 0.2) is 17.5 Å². The molecule has 1 aliphatic heterocycles. The predicted octanol–water partition coefficient (Wildman–Crippen LogP) is 3.07. The minimum absolute atomic E-state index is 0.156. The maximum Gasteiger partial charge on any atom is 0.196 e. The van der Waals surface area contributed by atoms with Gasteiger partial charge in [-0.15, -0.1) is 0 Å². The van der Waals surface area contributed by atoms with E-state index in [1.807, 2.05) is 0 Å². The molecule has 0 aliphatic carbocycles. The fraction of sp³-hybridized carbons (Fsp3) is 0.571. The highest BCUT2D eigenvalue weighted by Crippen LogP contribution is 2.25. The molecule has 0 aromatic heterocycles. The number of halogens is 3. The molecule has 1 unspecified atom stereocenters. The van der Waals surface area contributed by atoms with Gasteiger partial charge >= 0.3 is 0 Å². The van der Waals surface area contributed by atoms with Crippen molar-refractivity contribution in [1.29, 1.82) is 0 Å². The molecular formula is C14H19F3N2. The monoisotopic (exact) mass is 272 g/mol. The zero-order valence-corrected chi connectivity index (χ0v) is 11.1. The summed E-state index contributed by atoms with van der Waals surface area (Å²) >= 11 is 0. The molecule has 2 nitrogen and oxygen atoms in total. The second kappa shape index (κ2) is 6.28. The van der Waals surface area contributed by atoms with Crippen LogP contribution < -0.4 is 10.2 Å². The van der Waals surface area contributed by atoms with Crippen LogP contribution >= 0.6 is 0 Å². The molecule has 1 atom stereocenters. The van der Waals surface area contributed by atoms with Crippen LogP contribution in [0, 0.1) is 17.5 Å². The van der Waals surface area contributed by atoms with Crippen LogP contribution in [0.25, 0.3) is 0 Å². The van der Waals surface area contributed by atoms with Gasteiger partial charge in [-0.05, 0) is 31.5 Å². The Morgan fingerprint density at radius 3 is 2.79 bits per heavy atom. The molecule has 1 fully saturated rings. The molecule has 1 aromatic rings. The molecule has 5 heteroatoms. The lowest BCUT2D eigenvalue weighted by atomic mass is 10.1. The van der Waals surface area contributed by atoms with E-state index in [1.165, 1.54) is 6.07 Å². The molecule has 0 bridgehead atoms. The summed E-state index contributed by atoms with van der Waals surface area (Å²) in [7, 11) is 0. The second-order valence-corrected chi connectivity index (χ2v) is 4.93. The molecule has 0 spiro atoms. The van der Waals surface area contributed by atoms with Crippen molar-refractivity contribution >= 4 is 5.69 Å². The molecular weight excluding hydrogens is 253 g/mol. The van der Waals surface area contributed by atoms with Gasteiger partial charge in [-0.1, -0.05) is 13.3 Å². The van der Waals surface area contributed by atoms with Gasteiger partial charge in [-0.2, -0.15) is 0 Å². The van der Waals surface area contributed by atoms with Gasteiger partial charge in [0.1, 0.15) is 0 Å². The van der Waals surface area contributed by atoms with E-state index in [9.17, 15) is 13.2 Å². The molecule has 1 aliphatic rings. The highest BCUT2D eigenvalue weighted by Gasteiger charge is 2.22. The molecule has 0 amide bonds. The Balaban J connectivity index is 2.22. The average Bonchev–Trinajstić information content (AvgIpc) is 2.62. The number of hydrogen-bond acceptors (Lipinski definition) is 2. The predicted molar refractivity (Wildman–Crippen MR) is 69.8 cm³/mol. The topological polar surface area (TPSA) is 15.3 Å². The SMILES string of the molecule is CCCC1CN(c2ccc(F)c(F)c2F)CCCN1. The van der Waals surface area contributed by atoms with Crippen molar-refractivity contribution in [2.45, 2.75) is 32.2 Å². The standard InChI is InChI=1S/C14H19F3N2/c1-2-4-10-9-19(8-3-7-18-10)12-6-5-11(15)13(16)14(12)17/h5-6,10,18H,2-4,7-9H2,1H3. The molecule has 1 saturated heterocycles. The van der Waals surface area contributed by atoms with Crippen LogP contribution in [-0.2, 0) is 0 Å². The van der Waals surface area contributed by atoms with Crippen LogP contribution in [0.2, 0.25) is 0 Å². The lowest BCUT2D eigenvalue weighted by Crippen LogP contribution is -2.38. The first-order chi connectivity index (χ1) is 9.13. The van der Waals surface area contributed by atoms with Crippen LogP contribution in [0.1, 0.15) is 26.2 Å². The normalized spacial score (nSPS) is 20.4. The Bertz CT molecular complexity index is 437. The van der Waals surface area contributed by atoms with Crippen LogP contribution in [0.4, 0.5) is 18.9 Å². The van der Waals surface area contributed by atoms with Crippen molar-refractivity contribution in [1.82, 2.24) is 5.32 Å². The minimum atomic E-state index is -1.39. The smallest absolute Gasteiger partial charge is 0.196 e. The van der Waals surface area contributed by atoms with Crippen LogP contribution in [0.3, 0.4) is 0 Å². The maximum absolute atomic E-state index is 13.8. The number of rotatable bonds is 3. The molecule has 2 rings (SSSR count). The number of anilines is 1. The van der Waals surface area contributed by atoms with Crippen LogP contribution in [0.15, 0.2) is 12.1 Å². The van der Waals surface area contributed by atoms with Crippen molar-refractivity contribution in [3.63, 3.8) is 0 Å². The minimum Gasteiger partial charge on any atom is -0.367 e. The van der Waals surface area contributed by atoms with Gasteiger partial charge in [0.05, 0.1) is 5.69 Å². The summed E-state index contributed by atoms with van der Waals surface area (Å²) in [6.45, 7) is 4.23. The van der Waals surface area contributed by atoms with E-state index in [0.717, 1.165) is 31.9 Å². The van der Waals surface area contributed by atoms with Crippen LogP contribution in [0.5, 0.6) is 0 Å². The average molecular weight is 272 g/mol. The second-order valence-electron chi connectivity index (χ2n) is 4.93. The molecule has 19 heavy (non-hydrogen) atoms. The zero-order chi connectivity index (χ0) is 13.8. The van der Waals surface area contributed by atoms with Crippen molar-refractivity contribution in [2.75, 3.05) is 24.5 Å². The quantitative estimate of drug-likeness (QED) is 0.851. The third-order valence-electron chi connectivity index (χ3n) is 3.47. The van der Waals surface area contributed by atoms with E-state index >= 15 is 0 Å². The molecule has 0 radical (unpaired) electrons. The highest BCUT2D eigenvalue weighted by atomic mass is 19.2. The van der Waals surface area contributed by atoms with Gasteiger partial charge in [0.2, 0.25) is 0 Å². The number of benzene rings is 1. The van der Waals surface area contributed by atoms with Crippen molar-refractivity contribution in [2.24, 2.45) is 0 Å². The lowest BCUT2D eigenvalue weighted by molar-refractivity contribution is 0.444. The first-order valence-corrected chi connectivity index (χ1v) is 6.75. The summed E-state index contributed by atoms with van der Waals surface area (Å²) in [4.78, 5) is 1.80. The summed E-state index contributed by atoms with van der Waals surface area (Å²) in [5.74, 6) is -3.61. The van der Waals surface area contributed by atoms with Crippen molar-refractivity contribution in [3.8, 4) is 0 Å². The van der Waals surface area contributed by atoms with Gasteiger partial charge in [-0.3, -0.25) is 0 Å². The van der Waals surface area contributed by atoms with E-state index in [-0.39, 0.29) is 11.7 Å². The molecule has 106 valence electrons. The Labute approximate surface area is 111 Å². The van der Waals surface area contributed by atoms with Gasteiger partial charge in [0.25, 0.3) is 0 Å². The van der Waals surface area contributed by atoms with Crippen molar-refractivity contribution in [3.05, 3.63) is 29.6 Å². The third kappa shape index (κ3) is 3.21. The third-order valence-corrected chi connectivity index (χ3v) is 3.47. The summed E-state index contributed by atoms with van der Waals surface area (Å²) in [5.41, 5.74) is 0.156. The van der Waals surface area contributed by atoms with Gasteiger partial charge in [-0.25, -0.2) is 13.2 Å². The van der Waals surface area contributed by atoms with Gasteiger partial charge < -0.3 is 10.2 Å². The first kappa shape index (κ1) is 14.2. The fourth-order valence-corrected chi connectivity index (χ4v) is 2.52. The van der Waals surface area contributed by atoms with Crippen LogP contribution in [-0.4, -0.2) is 25.7 Å². The Morgan fingerprint density at radius 1 is 1.26 bits per heavy atom. The van der Waals surface area contributed by atoms with E-state index in [2.05, 4.69) is 12.2 Å². The largest absolute Gasteiger partial charge is 0.367 e. The molecule has 1 heterocycles. The van der Waals surface area contributed by atoms with E-state index in [0.29, 0.717) is 13.1 Å². The Kier molecular flexibility index (Phi) is 4.69. The van der Waals surface area contributed by atoms with E-state index in [1.54, 1.807) is 4.90 Å². The van der Waals surface area contributed by atoms with Crippen molar-refractivity contribution < 1.29 is 13.2 Å². The number of hydrogen-bond donors (Lipinski definition) is 1. The van der Waals surface area contributed by atoms with E-state index in [4.69, 9.17) is 0 Å². The molecule has 0 saturated carbocycles.